The highest BCUT2D eigenvalue weighted by atomic mass is 16.2. The summed E-state index contributed by atoms with van der Waals surface area (Å²) in [6.45, 7) is 8.50. The minimum Gasteiger partial charge on any atom is -0.340 e. The van der Waals surface area contributed by atoms with Crippen LogP contribution < -0.4 is 5.73 Å². The van der Waals surface area contributed by atoms with Gasteiger partial charge < -0.3 is 10.6 Å². The van der Waals surface area contributed by atoms with Crippen LogP contribution in [-0.2, 0) is 4.79 Å². The van der Waals surface area contributed by atoms with E-state index in [9.17, 15) is 4.79 Å². The van der Waals surface area contributed by atoms with Crippen LogP contribution in [0, 0.1) is 5.41 Å². The Balaban J connectivity index is 1.90. The van der Waals surface area contributed by atoms with Crippen molar-refractivity contribution in [1.29, 1.82) is 0 Å². The van der Waals surface area contributed by atoms with Crippen molar-refractivity contribution in [3.8, 4) is 0 Å². The normalized spacial score (nSPS) is 22.4. The predicted octanol–water partition coefficient (Wildman–Crippen LogP) is 1.45. The van der Waals surface area contributed by atoms with Gasteiger partial charge in [0, 0.05) is 38.8 Å². The molecule has 0 aromatic carbocycles. The highest BCUT2D eigenvalue weighted by Gasteiger charge is 2.38. The number of hydrogen-bond acceptors (Lipinski definition) is 3. The molecular formula is C15H29N3O. The van der Waals surface area contributed by atoms with Gasteiger partial charge in [0.15, 0.2) is 0 Å². The summed E-state index contributed by atoms with van der Waals surface area (Å²) in [7, 11) is 0. The summed E-state index contributed by atoms with van der Waals surface area (Å²) in [4.78, 5) is 17.3. The standard InChI is InChI=1S/C15H29N3O/c1-3-15(4-2,12-16)14(19)18-10-8-17(9-11-18)13-6-5-7-13/h13H,3-12,16H2,1-2H3. The summed E-state index contributed by atoms with van der Waals surface area (Å²) in [5, 5.41) is 0. The van der Waals surface area contributed by atoms with E-state index in [1.54, 1.807) is 0 Å². The molecule has 2 N–H and O–H groups in total. The van der Waals surface area contributed by atoms with Gasteiger partial charge in [0.2, 0.25) is 5.91 Å². The molecule has 1 saturated heterocycles. The van der Waals surface area contributed by atoms with Crippen molar-refractivity contribution in [2.75, 3.05) is 32.7 Å². The summed E-state index contributed by atoms with van der Waals surface area (Å²) >= 11 is 0. The van der Waals surface area contributed by atoms with Gasteiger partial charge in [0.25, 0.3) is 0 Å². The van der Waals surface area contributed by atoms with Gasteiger partial charge in [-0.15, -0.1) is 0 Å². The number of rotatable bonds is 5. The van der Waals surface area contributed by atoms with Gasteiger partial charge in [-0.1, -0.05) is 20.3 Å². The van der Waals surface area contributed by atoms with Crippen LogP contribution in [0.2, 0.25) is 0 Å². The third kappa shape index (κ3) is 2.79. The summed E-state index contributed by atoms with van der Waals surface area (Å²) in [5.41, 5.74) is 5.56. The zero-order chi connectivity index (χ0) is 13.9. The van der Waals surface area contributed by atoms with Gasteiger partial charge in [-0.05, 0) is 25.7 Å². The second kappa shape index (κ2) is 6.23. The average Bonchev–Trinajstić information content (AvgIpc) is 2.40. The van der Waals surface area contributed by atoms with Crippen molar-refractivity contribution in [3.63, 3.8) is 0 Å². The molecule has 4 heteroatoms. The van der Waals surface area contributed by atoms with Gasteiger partial charge in [0.1, 0.15) is 0 Å². The van der Waals surface area contributed by atoms with E-state index in [1.165, 1.54) is 19.3 Å². The third-order valence-corrected chi connectivity index (χ3v) is 5.39. The van der Waals surface area contributed by atoms with E-state index in [1.807, 2.05) is 0 Å². The summed E-state index contributed by atoms with van der Waals surface area (Å²) in [6, 6.07) is 0.800. The fraction of sp³-hybridized carbons (Fsp3) is 0.933. The fourth-order valence-corrected chi connectivity index (χ4v) is 3.31. The van der Waals surface area contributed by atoms with E-state index in [2.05, 4.69) is 23.6 Å². The Labute approximate surface area is 117 Å². The van der Waals surface area contributed by atoms with Crippen LogP contribution in [0.25, 0.3) is 0 Å². The largest absolute Gasteiger partial charge is 0.340 e. The Hall–Kier alpha value is -0.610. The van der Waals surface area contributed by atoms with Crippen LogP contribution in [0.4, 0.5) is 0 Å². The first-order chi connectivity index (χ1) is 9.16. The molecule has 1 heterocycles. The van der Waals surface area contributed by atoms with Gasteiger partial charge >= 0.3 is 0 Å². The lowest BCUT2D eigenvalue weighted by atomic mass is 9.80. The second-order valence-corrected chi connectivity index (χ2v) is 6.10. The van der Waals surface area contributed by atoms with Gasteiger partial charge in [0.05, 0.1) is 5.41 Å². The maximum absolute atomic E-state index is 12.7. The third-order valence-electron chi connectivity index (χ3n) is 5.39. The molecule has 1 aliphatic carbocycles. The van der Waals surface area contributed by atoms with Crippen LogP contribution in [0.1, 0.15) is 46.0 Å². The number of hydrogen-bond donors (Lipinski definition) is 1. The van der Waals surface area contributed by atoms with Crippen molar-refractivity contribution >= 4 is 5.91 Å². The predicted molar refractivity (Wildman–Crippen MR) is 77.9 cm³/mol. The summed E-state index contributed by atoms with van der Waals surface area (Å²) < 4.78 is 0. The number of nitrogens with zero attached hydrogens (tertiary/aromatic N) is 2. The molecule has 4 nitrogen and oxygen atoms in total. The Morgan fingerprint density at radius 1 is 1.16 bits per heavy atom. The molecule has 2 aliphatic rings. The number of carbonyl (C=O) groups excluding carboxylic acids is 1. The molecule has 0 atom stereocenters. The molecule has 1 aliphatic heterocycles. The smallest absolute Gasteiger partial charge is 0.230 e. The van der Waals surface area contributed by atoms with Crippen LogP contribution in [0.5, 0.6) is 0 Å². The molecule has 0 spiro atoms. The maximum Gasteiger partial charge on any atom is 0.230 e. The Bertz CT molecular complexity index is 294. The topological polar surface area (TPSA) is 49.6 Å². The van der Waals surface area contributed by atoms with E-state index in [-0.39, 0.29) is 11.3 Å². The van der Waals surface area contributed by atoms with Crippen LogP contribution in [0.3, 0.4) is 0 Å². The fourth-order valence-electron chi connectivity index (χ4n) is 3.31. The monoisotopic (exact) mass is 267 g/mol. The van der Waals surface area contributed by atoms with Crippen molar-refractivity contribution < 1.29 is 4.79 Å². The van der Waals surface area contributed by atoms with E-state index in [4.69, 9.17) is 5.73 Å². The molecule has 0 unspecified atom stereocenters. The van der Waals surface area contributed by atoms with Gasteiger partial charge in [-0.2, -0.15) is 0 Å². The van der Waals surface area contributed by atoms with Crippen molar-refractivity contribution in [2.45, 2.75) is 52.0 Å². The number of carbonyl (C=O) groups is 1. The number of amides is 1. The van der Waals surface area contributed by atoms with Crippen molar-refractivity contribution in [1.82, 2.24) is 9.80 Å². The highest BCUT2D eigenvalue weighted by molar-refractivity contribution is 5.83. The molecule has 0 aromatic rings. The Morgan fingerprint density at radius 3 is 2.11 bits per heavy atom. The molecule has 2 fully saturated rings. The minimum absolute atomic E-state index is 0.285. The molecule has 2 rings (SSSR count). The second-order valence-electron chi connectivity index (χ2n) is 6.10. The molecule has 19 heavy (non-hydrogen) atoms. The van der Waals surface area contributed by atoms with Crippen LogP contribution >= 0.6 is 0 Å². The van der Waals surface area contributed by atoms with Gasteiger partial charge in [-0.25, -0.2) is 0 Å². The molecule has 110 valence electrons. The summed E-state index contributed by atoms with van der Waals surface area (Å²) in [6.07, 6.45) is 5.78. The molecule has 0 radical (unpaired) electrons. The Kier molecular flexibility index (Phi) is 4.85. The van der Waals surface area contributed by atoms with Crippen molar-refractivity contribution in [2.24, 2.45) is 11.1 Å². The summed E-state index contributed by atoms with van der Waals surface area (Å²) in [5.74, 6) is 0.285. The van der Waals surface area contributed by atoms with E-state index < -0.39 is 0 Å². The molecule has 1 saturated carbocycles. The quantitative estimate of drug-likeness (QED) is 0.820. The van der Waals surface area contributed by atoms with E-state index >= 15 is 0 Å². The van der Waals surface area contributed by atoms with E-state index in [0.717, 1.165) is 45.1 Å². The lowest BCUT2D eigenvalue weighted by Gasteiger charge is -2.45. The Morgan fingerprint density at radius 2 is 1.74 bits per heavy atom. The molecule has 0 bridgehead atoms. The average molecular weight is 267 g/mol. The molecule has 1 amide bonds. The molecule has 0 aromatic heterocycles. The van der Waals surface area contributed by atoms with Crippen LogP contribution in [-0.4, -0.2) is 54.5 Å². The van der Waals surface area contributed by atoms with Crippen molar-refractivity contribution in [3.05, 3.63) is 0 Å². The van der Waals surface area contributed by atoms with Crippen LogP contribution in [0.15, 0.2) is 0 Å². The zero-order valence-corrected chi connectivity index (χ0v) is 12.5. The SMILES string of the molecule is CCC(CC)(CN)C(=O)N1CCN(C2CCC2)CC1. The number of piperazine rings is 1. The lowest BCUT2D eigenvalue weighted by molar-refractivity contribution is -0.144. The van der Waals surface area contributed by atoms with Gasteiger partial charge in [-0.3, -0.25) is 9.69 Å². The first-order valence-corrected chi connectivity index (χ1v) is 7.90. The zero-order valence-electron chi connectivity index (χ0n) is 12.5. The van der Waals surface area contributed by atoms with E-state index in [0.29, 0.717) is 6.54 Å². The number of nitrogens with two attached hydrogens (primary N) is 1. The maximum atomic E-state index is 12.7. The highest BCUT2D eigenvalue weighted by Crippen LogP contribution is 2.30. The molecular weight excluding hydrogens is 238 g/mol. The first kappa shape index (κ1) is 14.8. The first-order valence-electron chi connectivity index (χ1n) is 7.90. The minimum atomic E-state index is -0.321. The lowest BCUT2D eigenvalue weighted by Crippen LogP contribution is -2.57.